The topological polar surface area (TPSA) is 69.6 Å². The fourth-order valence-electron chi connectivity index (χ4n) is 2.48. The van der Waals surface area contributed by atoms with E-state index in [2.05, 4.69) is 10.2 Å². The van der Waals surface area contributed by atoms with Gasteiger partial charge in [-0.2, -0.15) is 0 Å². The molecule has 1 aromatic rings. The number of benzene rings is 1. The molecule has 0 aliphatic carbocycles. The van der Waals surface area contributed by atoms with Crippen molar-refractivity contribution in [2.45, 2.75) is 26.3 Å². The average Bonchev–Trinajstić information content (AvgIpc) is 2.75. The summed E-state index contributed by atoms with van der Waals surface area (Å²) in [7, 11) is 0. The molecule has 2 rings (SSSR count). The molecular weight excluding hydrogens is 244 g/mol. The molecule has 0 radical (unpaired) electrons. The summed E-state index contributed by atoms with van der Waals surface area (Å²) in [5.74, 6) is -0.911. The van der Waals surface area contributed by atoms with E-state index in [1.165, 1.54) is 6.92 Å². The number of nitrogens with zero attached hydrogens (tertiary/aromatic N) is 1. The van der Waals surface area contributed by atoms with Gasteiger partial charge < -0.3 is 15.3 Å². The molecule has 0 bridgehead atoms. The Morgan fingerprint density at radius 3 is 2.74 bits per heavy atom. The van der Waals surface area contributed by atoms with Crippen molar-refractivity contribution in [2.75, 3.05) is 18.0 Å². The predicted molar refractivity (Wildman–Crippen MR) is 72.6 cm³/mol. The SMILES string of the molecule is CC(=O)NC1CCN(c2ccc(C(=O)O)c(C)c2)C1. The van der Waals surface area contributed by atoms with Crippen molar-refractivity contribution in [3.05, 3.63) is 29.3 Å². The number of carbonyl (C=O) groups excluding carboxylic acids is 1. The summed E-state index contributed by atoms with van der Waals surface area (Å²) in [6, 6.07) is 5.53. The molecule has 0 saturated carbocycles. The molecule has 1 unspecified atom stereocenters. The lowest BCUT2D eigenvalue weighted by molar-refractivity contribution is -0.119. The Morgan fingerprint density at radius 2 is 2.16 bits per heavy atom. The van der Waals surface area contributed by atoms with Crippen LogP contribution in [-0.2, 0) is 4.79 Å². The lowest BCUT2D eigenvalue weighted by Crippen LogP contribution is -2.35. The van der Waals surface area contributed by atoms with Crippen LogP contribution in [-0.4, -0.2) is 36.1 Å². The predicted octanol–water partition coefficient (Wildman–Crippen LogP) is 1.41. The van der Waals surface area contributed by atoms with Crippen LogP contribution in [0.1, 0.15) is 29.3 Å². The molecule has 102 valence electrons. The van der Waals surface area contributed by atoms with E-state index < -0.39 is 5.97 Å². The maximum Gasteiger partial charge on any atom is 0.335 e. The average molecular weight is 262 g/mol. The molecule has 1 saturated heterocycles. The second-order valence-electron chi connectivity index (χ2n) is 4.94. The quantitative estimate of drug-likeness (QED) is 0.864. The Hall–Kier alpha value is -2.04. The van der Waals surface area contributed by atoms with E-state index >= 15 is 0 Å². The Balaban J connectivity index is 2.09. The Labute approximate surface area is 112 Å². The van der Waals surface area contributed by atoms with Crippen molar-refractivity contribution >= 4 is 17.6 Å². The molecule has 1 fully saturated rings. The van der Waals surface area contributed by atoms with Crippen molar-refractivity contribution in [3.8, 4) is 0 Å². The first-order valence-electron chi connectivity index (χ1n) is 6.33. The highest BCUT2D eigenvalue weighted by Gasteiger charge is 2.23. The fourth-order valence-corrected chi connectivity index (χ4v) is 2.48. The van der Waals surface area contributed by atoms with Crippen LogP contribution in [0.3, 0.4) is 0 Å². The number of rotatable bonds is 3. The summed E-state index contributed by atoms with van der Waals surface area (Å²) in [6.07, 6.45) is 0.916. The van der Waals surface area contributed by atoms with Gasteiger partial charge in [-0.25, -0.2) is 4.79 Å². The molecule has 0 aromatic heterocycles. The highest BCUT2D eigenvalue weighted by molar-refractivity contribution is 5.90. The second kappa shape index (κ2) is 5.30. The zero-order valence-electron chi connectivity index (χ0n) is 11.1. The summed E-state index contributed by atoms with van der Waals surface area (Å²) >= 11 is 0. The molecule has 1 aliphatic rings. The minimum atomic E-state index is -0.901. The minimum Gasteiger partial charge on any atom is -0.478 e. The van der Waals surface area contributed by atoms with E-state index in [0.717, 1.165) is 30.8 Å². The van der Waals surface area contributed by atoms with Crippen LogP contribution in [0.5, 0.6) is 0 Å². The summed E-state index contributed by atoms with van der Waals surface area (Å²) in [5, 5.41) is 11.9. The van der Waals surface area contributed by atoms with Gasteiger partial charge in [0.1, 0.15) is 0 Å². The summed E-state index contributed by atoms with van der Waals surface area (Å²) in [6.45, 7) is 4.96. The van der Waals surface area contributed by atoms with Crippen molar-refractivity contribution in [1.29, 1.82) is 0 Å². The van der Waals surface area contributed by atoms with Gasteiger partial charge in [0.15, 0.2) is 0 Å². The van der Waals surface area contributed by atoms with E-state index in [1.54, 1.807) is 13.0 Å². The molecule has 1 aromatic carbocycles. The smallest absolute Gasteiger partial charge is 0.335 e. The Kier molecular flexibility index (Phi) is 3.74. The van der Waals surface area contributed by atoms with E-state index in [-0.39, 0.29) is 11.9 Å². The fraction of sp³-hybridized carbons (Fsp3) is 0.429. The number of carboxylic acid groups (broad SMARTS) is 1. The van der Waals surface area contributed by atoms with Gasteiger partial charge in [0, 0.05) is 31.7 Å². The lowest BCUT2D eigenvalue weighted by Gasteiger charge is -2.20. The van der Waals surface area contributed by atoms with Gasteiger partial charge in [0.25, 0.3) is 0 Å². The summed E-state index contributed by atoms with van der Waals surface area (Å²) in [4.78, 5) is 24.2. The van der Waals surface area contributed by atoms with Crippen LogP contribution >= 0.6 is 0 Å². The van der Waals surface area contributed by atoms with E-state index in [4.69, 9.17) is 5.11 Å². The molecule has 0 spiro atoms. The first-order valence-corrected chi connectivity index (χ1v) is 6.33. The van der Waals surface area contributed by atoms with Crippen LogP contribution in [0.2, 0.25) is 0 Å². The van der Waals surface area contributed by atoms with Crippen molar-refractivity contribution < 1.29 is 14.7 Å². The highest BCUT2D eigenvalue weighted by atomic mass is 16.4. The molecule has 5 nitrogen and oxygen atoms in total. The molecule has 1 atom stereocenters. The Morgan fingerprint density at radius 1 is 1.42 bits per heavy atom. The first-order chi connectivity index (χ1) is 8.97. The van der Waals surface area contributed by atoms with Gasteiger partial charge in [0.2, 0.25) is 5.91 Å². The largest absolute Gasteiger partial charge is 0.478 e. The molecule has 1 amide bonds. The summed E-state index contributed by atoms with van der Waals surface area (Å²) in [5.41, 5.74) is 2.10. The number of nitrogens with one attached hydrogen (secondary N) is 1. The minimum absolute atomic E-state index is 0.00995. The van der Waals surface area contributed by atoms with Crippen molar-refractivity contribution in [3.63, 3.8) is 0 Å². The second-order valence-corrected chi connectivity index (χ2v) is 4.94. The van der Waals surface area contributed by atoms with E-state index in [0.29, 0.717) is 5.56 Å². The highest BCUT2D eigenvalue weighted by Crippen LogP contribution is 2.23. The number of carboxylic acids is 1. The van der Waals surface area contributed by atoms with Crippen molar-refractivity contribution in [1.82, 2.24) is 5.32 Å². The number of aryl methyl sites for hydroxylation is 1. The van der Waals surface area contributed by atoms with Gasteiger partial charge in [-0.05, 0) is 37.1 Å². The molecular formula is C14H18N2O3. The van der Waals surface area contributed by atoms with Crippen LogP contribution < -0.4 is 10.2 Å². The number of anilines is 1. The number of carbonyl (C=O) groups is 2. The molecule has 1 aliphatic heterocycles. The maximum atomic E-state index is 11.0. The van der Waals surface area contributed by atoms with Crippen molar-refractivity contribution in [2.24, 2.45) is 0 Å². The van der Waals surface area contributed by atoms with Crippen LogP contribution in [0.15, 0.2) is 18.2 Å². The maximum absolute atomic E-state index is 11.0. The lowest BCUT2D eigenvalue weighted by atomic mass is 10.1. The standard InChI is InChI=1S/C14H18N2O3/c1-9-7-12(3-4-13(9)14(18)19)16-6-5-11(8-16)15-10(2)17/h3-4,7,11H,5-6,8H2,1-2H3,(H,15,17)(H,18,19). The van der Waals surface area contributed by atoms with Crippen LogP contribution in [0.25, 0.3) is 0 Å². The number of amides is 1. The van der Waals surface area contributed by atoms with E-state index in [1.807, 2.05) is 12.1 Å². The van der Waals surface area contributed by atoms with Crippen LogP contribution in [0.4, 0.5) is 5.69 Å². The Bertz CT molecular complexity index is 513. The van der Waals surface area contributed by atoms with Gasteiger partial charge in [-0.1, -0.05) is 0 Å². The monoisotopic (exact) mass is 262 g/mol. The number of aromatic carboxylic acids is 1. The zero-order chi connectivity index (χ0) is 14.0. The van der Waals surface area contributed by atoms with E-state index in [9.17, 15) is 9.59 Å². The third kappa shape index (κ3) is 3.05. The third-order valence-electron chi connectivity index (χ3n) is 3.40. The molecule has 5 heteroatoms. The summed E-state index contributed by atoms with van der Waals surface area (Å²) < 4.78 is 0. The normalized spacial score (nSPS) is 18.4. The molecule has 1 heterocycles. The van der Waals surface area contributed by atoms with Gasteiger partial charge in [-0.3, -0.25) is 4.79 Å². The van der Waals surface area contributed by atoms with Crippen LogP contribution in [0, 0.1) is 6.92 Å². The van der Waals surface area contributed by atoms with Gasteiger partial charge >= 0.3 is 5.97 Å². The molecule has 2 N–H and O–H groups in total. The molecule has 19 heavy (non-hydrogen) atoms. The number of hydrogen-bond acceptors (Lipinski definition) is 3. The number of hydrogen-bond donors (Lipinski definition) is 2. The first kappa shape index (κ1) is 13.4. The zero-order valence-corrected chi connectivity index (χ0v) is 11.1. The third-order valence-corrected chi connectivity index (χ3v) is 3.40. The van der Waals surface area contributed by atoms with Gasteiger partial charge in [-0.15, -0.1) is 0 Å². The van der Waals surface area contributed by atoms with Gasteiger partial charge in [0.05, 0.1) is 5.56 Å².